The van der Waals surface area contributed by atoms with Gasteiger partial charge in [-0.25, -0.2) is 4.99 Å². The summed E-state index contributed by atoms with van der Waals surface area (Å²) in [5, 5.41) is 2.15. The van der Waals surface area contributed by atoms with Crippen LogP contribution in [0.3, 0.4) is 0 Å². The van der Waals surface area contributed by atoms with E-state index in [1.165, 1.54) is 6.08 Å². The minimum atomic E-state index is -0.698. The molecule has 0 saturated heterocycles. The van der Waals surface area contributed by atoms with Crippen molar-refractivity contribution < 1.29 is 9.59 Å². The van der Waals surface area contributed by atoms with Crippen LogP contribution < -0.4 is 10.6 Å². The van der Waals surface area contributed by atoms with Gasteiger partial charge >= 0.3 is 5.91 Å². The first-order valence-corrected chi connectivity index (χ1v) is 4.50. The summed E-state index contributed by atoms with van der Waals surface area (Å²) in [6, 6.07) is 5.49. The maximum atomic E-state index is 11.2. The Labute approximate surface area is 102 Å². The van der Waals surface area contributed by atoms with Gasteiger partial charge in [-0.2, -0.15) is 0 Å². The smallest absolute Gasteiger partial charge is 0.318 e. The van der Waals surface area contributed by atoms with Crippen LogP contribution in [0.5, 0.6) is 0 Å². The van der Waals surface area contributed by atoms with Gasteiger partial charge in [0.25, 0.3) is 0 Å². The van der Waals surface area contributed by atoms with Gasteiger partial charge in [-0.1, -0.05) is 6.07 Å². The first kappa shape index (κ1) is 10.9. The summed E-state index contributed by atoms with van der Waals surface area (Å²) in [4.78, 5) is 29.1. The zero-order valence-electron chi connectivity index (χ0n) is 8.65. The first-order chi connectivity index (χ1) is 7.25. The Balaban J connectivity index is 0.000000963. The molecule has 0 aliphatic carbocycles. The van der Waals surface area contributed by atoms with E-state index in [1.807, 2.05) is 12.1 Å². The average Bonchev–Trinajstić information content (AvgIpc) is 2.68. The van der Waals surface area contributed by atoms with Crippen LogP contribution in [0.1, 0.15) is 0 Å². The fraction of sp³-hybridized carbons (Fsp3) is 0. The van der Waals surface area contributed by atoms with Gasteiger partial charge < -0.3 is 4.98 Å². The van der Waals surface area contributed by atoms with Crippen molar-refractivity contribution in [3.63, 3.8) is 0 Å². The van der Waals surface area contributed by atoms with E-state index in [1.54, 1.807) is 12.3 Å². The number of rotatable bonds is 0. The number of aromatic nitrogens is 1. The fourth-order valence-corrected chi connectivity index (χ4v) is 1.74. The molecule has 1 aliphatic heterocycles. The van der Waals surface area contributed by atoms with Crippen LogP contribution in [-0.4, -0.2) is 35.5 Å². The van der Waals surface area contributed by atoms with E-state index in [2.05, 4.69) is 9.98 Å². The van der Waals surface area contributed by atoms with Crippen molar-refractivity contribution >= 4 is 47.5 Å². The molecule has 1 aromatic heterocycles. The Bertz CT molecular complexity index is 715. The molecular formula is C11H6LiN2O2. The standard InChI is InChI=1S/C11H6N2O2.Li/c14-9-5-6-1-2-8-7(3-4-12-8)10(6)13-11(9)15;/h1-5,12H;. The summed E-state index contributed by atoms with van der Waals surface area (Å²) in [6.07, 6.45) is 3.11. The molecule has 0 fully saturated rings. The number of hydrogen-bond donors (Lipinski definition) is 1. The van der Waals surface area contributed by atoms with Gasteiger partial charge in [-0.3, -0.25) is 9.59 Å². The van der Waals surface area contributed by atoms with Crippen LogP contribution in [0.2, 0.25) is 0 Å². The summed E-state index contributed by atoms with van der Waals surface area (Å²) >= 11 is 0. The van der Waals surface area contributed by atoms with Crippen molar-refractivity contribution in [3.8, 4) is 0 Å². The van der Waals surface area contributed by atoms with E-state index in [9.17, 15) is 9.59 Å². The van der Waals surface area contributed by atoms with Gasteiger partial charge in [0.05, 0.1) is 5.36 Å². The maximum Gasteiger partial charge on any atom is 0.318 e. The van der Waals surface area contributed by atoms with Crippen LogP contribution in [-0.2, 0) is 9.59 Å². The number of ketones is 1. The molecular weight excluding hydrogens is 199 g/mol. The summed E-state index contributed by atoms with van der Waals surface area (Å²) < 4.78 is 0. The van der Waals surface area contributed by atoms with Crippen molar-refractivity contribution in [3.05, 3.63) is 35.0 Å². The molecule has 1 N–H and O–H groups in total. The van der Waals surface area contributed by atoms with E-state index >= 15 is 0 Å². The SMILES string of the molecule is O=C1C=c2ccc3[nH]ccc3c2=NC1=O.[Li]. The van der Waals surface area contributed by atoms with Crippen LogP contribution >= 0.6 is 0 Å². The molecule has 2 heterocycles. The fourth-order valence-electron chi connectivity index (χ4n) is 1.74. The number of nitrogens with zero attached hydrogens (tertiary/aromatic N) is 1. The Morgan fingerprint density at radius 1 is 1.12 bits per heavy atom. The summed E-state index contributed by atoms with van der Waals surface area (Å²) in [5.41, 5.74) is 0.910. The van der Waals surface area contributed by atoms with Gasteiger partial charge in [0.1, 0.15) is 0 Å². The second-order valence-corrected chi connectivity index (χ2v) is 3.37. The van der Waals surface area contributed by atoms with Gasteiger partial charge in [0, 0.05) is 47.3 Å². The molecule has 1 aliphatic rings. The van der Waals surface area contributed by atoms with E-state index in [0.717, 1.165) is 10.9 Å². The number of carbonyl (C=O) groups excluding carboxylic acids is 2. The van der Waals surface area contributed by atoms with E-state index in [0.29, 0.717) is 10.6 Å². The molecule has 4 nitrogen and oxygen atoms in total. The minimum absolute atomic E-state index is 0. The number of nitrogens with one attached hydrogen (secondary N) is 1. The number of amides is 1. The quantitative estimate of drug-likeness (QED) is 0.456. The maximum absolute atomic E-state index is 11.2. The second-order valence-electron chi connectivity index (χ2n) is 3.37. The largest absolute Gasteiger partial charge is 0.361 e. The normalized spacial score (nSPS) is 13.8. The number of hydrogen-bond acceptors (Lipinski definition) is 2. The topological polar surface area (TPSA) is 62.3 Å². The molecule has 1 aromatic carbocycles. The molecule has 1 amide bonds. The second kappa shape index (κ2) is 3.74. The van der Waals surface area contributed by atoms with Gasteiger partial charge in [-0.15, -0.1) is 0 Å². The number of carbonyl (C=O) groups is 2. The van der Waals surface area contributed by atoms with Crippen molar-refractivity contribution in [2.75, 3.05) is 0 Å². The van der Waals surface area contributed by atoms with Gasteiger partial charge in [0.15, 0.2) is 0 Å². The zero-order valence-corrected chi connectivity index (χ0v) is 8.65. The molecule has 73 valence electrons. The summed E-state index contributed by atoms with van der Waals surface area (Å²) in [7, 11) is 0. The molecule has 0 saturated carbocycles. The Morgan fingerprint density at radius 2 is 1.94 bits per heavy atom. The van der Waals surface area contributed by atoms with Crippen molar-refractivity contribution in [1.82, 2.24) is 4.98 Å². The van der Waals surface area contributed by atoms with Crippen molar-refractivity contribution in [1.29, 1.82) is 0 Å². The number of aromatic amines is 1. The molecule has 0 spiro atoms. The third-order valence-electron chi connectivity index (χ3n) is 2.45. The van der Waals surface area contributed by atoms with Gasteiger partial charge in [0.2, 0.25) is 5.78 Å². The summed E-state index contributed by atoms with van der Waals surface area (Å²) in [6.45, 7) is 0. The Morgan fingerprint density at radius 3 is 2.75 bits per heavy atom. The predicted octanol–water partition coefficient (Wildman–Crippen LogP) is -0.704. The molecule has 3 rings (SSSR count). The zero-order chi connectivity index (χ0) is 10.4. The van der Waals surface area contributed by atoms with Gasteiger partial charge in [-0.05, 0) is 12.1 Å². The van der Waals surface area contributed by atoms with Crippen LogP contribution in [0.25, 0.3) is 17.0 Å². The van der Waals surface area contributed by atoms with Crippen LogP contribution in [0.15, 0.2) is 29.4 Å². The number of H-pyrrole nitrogens is 1. The molecule has 16 heavy (non-hydrogen) atoms. The van der Waals surface area contributed by atoms with Crippen molar-refractivity contribution in [2.45, 2.75) is 0 Å². The molecule has 5 heteroatoms. The third-order valence-corrected chi connectivity index (χ3v) is 2.45. The third kappa shape index (κ3) is 1.44. The van der Waals surface area contributed by atoms with E-state index < -0.39 is 11.7 Å². The number of fused-ring (bicyclic) bond motifs is 3. The molecule has 2 aromatic rings. The van der Waals surface area contributed by atoms with Crippen LogP contribution in [0, 0.1) is 0 Å². The van der Waals surface area contributed by atoms with Crippen LogP contribution in [0.4, 0.5) is 0 Å². The van der Waals surface area contributed by atoms with E-state index in [-0.39, 0.29) is 18.9 Å². The molecule has 0 bridgehead atoms. The monoisotopic (exact) mass is 205 g/mol. The number of benzene rings is 1. The first-order valence-electron chi connectivity index (χ1n) is 4.50. The van der Waals surface area contributed by atoms with E-state index in [4.69, 9.17) is 0 Å². The molecule has 0 unspecified atom stereocenters. The minimum Gasteiger partial charge on any atom is -0.361 e. The summed E-state index contributed by atoms with van der Waals surface area (Å²) in [5.74, 6) is -1.26. The average molecular weight is 205 g/mol. The Hall–Kier alpha value is -1.63. The van der Waals surface area contributed by atoms with Crippen molar-refractivity contribution in [2.24, 2.45) is 4.99 Å². The number of Topliss-reactive ketones (excluding diaryl/α,β-unsaturated/α-hetero) is 1. The molecule has 1 radical (unpaired) electrons. The Kier molecular flexibility index (Phi) is 2.54. The molecule has 0 atom stereocenters. The predicted molar refractivity (Wildman–Crippen MR) is 59.3 cm³/mol.